The van der Waals surface area contributed by atoms with Gasteiger partial charge >= 0.3 is 0 Å². The maximum atomic E-state index is 13.5. The number of carbonyl (C=O) groups is 2. The number of anilines is 2. The van der Waals surface area contributed by atoms with Gasteiger partial charge in [0.2, 0.25) is 0 Å². The molecule has 0 saturated carbocycles. The summed E-state index contributed by atoms with van der Waals surface area (Å²) in [4.78, 5) is 30.4. The van der Waals surface area contributed by atoms with Crippen molar-refractivity contribution in [2.75, 3.05) is 31.0 Å². The molecule has 0 aliphatic carbocycles. The van der Waals surface area contributed by atoms with E-state index in [1.807, 2.05) is 80.5 Å². The fourth-order valence-corrected chi connectivity index (χ4v) is 4.64. The quantitative estimate of drug-likeness (QED) is 0.266. The predicted molar refractivity (Wildman–Crippen MR) is 148 cm³/mol. The molecular formula is C31H34N2O4. The average Bonchev–Trinajstić information content (AvgIpc) is 3.13. The Morgan fingerprint density at radius 3 is 2.11 bits per heavy atom. The van der Waals surface area contributed by atoms with Crippen molar-refractivity contribution in [1.29, 1.82) is 0 Å². The third-order valence-electron chi connectivity index (χ3n) is 6.79. The van der Waals surface area contributed by atoms with Gasteiger partial charge in [-0.1, -0.05) is 56.7 Å². The third kappa shape index (κ3) is 4.84. The first kappa shape index (κ1) is 26.0. The first-order valence-electron chi connectivity index (χ1n) is 12.3. The highest BCUT2D eigenvalue weighted by molar-refractivity contribution is 6.51. The zero-order chi connectivity index (χ0) is 27.1. The van der Waals surface area contributed by atoms with Crippen LogP contribution < -0.4 is 14.5 Å². The molecular weight excluding hydrogens is 464 g/mol. The van der Waals surface area contributed by atoms with E-state index in [0.717, 1.165) is 22.4 Å². The molecule has 3 aromatic carbocycles. The van der Waals surface area contributed by atoms with Gasteiger partial charge in [0.25, 0.3) is 11.7 Å². The number of ether oxygens (including phenoxy) is 1. The molecule has 1 atom stereocenters. The Morgan fingerprint density at radius 1 is 0.946 bits per heavy atom. The summed E-state index contributed by atoms with van der Waals surface area (Å²) < 4.78 is 5.48. The van der Waals surface area contributed by atoms with Gasteiger partial charge in [0.05, 0.1) is 24.3 Å². The Morgan fingerprint density at radius 2 is 1.57 bits per heavy atom. The van der Waals surface area contributed by atoms with E-state index >= 15 is 0 Å². The van der Waals surface area contributed by atoms with E-state index in [9.17, 15) is 14.7 Å². The Balaban J connectivity index is 1.95. The second-order valence-corrected chi connectivity index (χ2v) is 10.7. The summed E-state index contributed by atoms with van der Waals surface area (Å²) in [6.07, 6.45) is 0. The van der Waals surface area contributed by atoms with E-state index in [1.54, 1.807) is 12.1 Å². The van der Waals surface area contributed by atoms with Gasteiger partial charge < -0.3 is 14.7 Å². The second-order valence-electron chi connectivity index (χ2n) is 10.7. The molecule has 1 fully saturated rings. The zero-order valence-corrected chi connectivity index (χ0v) is 22.5. The normalized spacial score (nSPS) is 17.3. The van der Waals surface area contributed by atoms with E-state index in [0.29, 0.717) is 17.0 Å². The van der Waals surface area contributed by atoms with E-state index < -0.39 is 17.7 Å². The molecule has 3 aromatic rings. The number of nitrogens with zero attached hydrogens (tertiary/aromatic N) is 2. The molecule has 0 bridgehead atoms. The Hall–Kier alpha value is -4.06. The van der Waals surface area contributed by atoms with E-state index in [2.05, 4.69) is 20.8 Å². The summed E-state index contributed by atoms with van der Waals surface area (Å²) >= 11 is 0. The molecule has 37 heavy (non-hydrogen) atoms. The smallest absolute Gasteiger partial charge is 0.300 e. The van der Waals surface area contributed by atoms with E-state index in [4.69, 9.17) is 4.74 Å². The summed E-state index contributed by atoms with van der Waals surface area (Å²) in [7, 11) is 5.38. The number of aliphatic hydroxyl groups is 1. The van der Waals surface area contributed by atoms with Crippen LogP contribution in [0.25, 0.3) is 5.76 Å². The number of amides is 1. The predicted octanol–water partition coefficient (Wildman–Crippen LogP) is 5.99. The second kappa shape index (κ2) is 9.77. The lowest BCUT2D eigenvalue weighted by Crippen LogP contribution is -2.29. The monoisotopic (exact) mass is 498 g/mol. The summed E-state index contributed by atoms with van der Waals surface area (Å²) in [6, 6.07) is 19.9. The zero-order valence-electron chi connectivity index (χ0n) is 22.5. The van der Waals surface area contributed by atoms with Crippen molar-refractivity contribution < 1.29 is 19.4 Å². The highest BCUT2D eigenvalue weighted by atomic mass is 16.5. The molecule has 1 N–H and O–H groups in total. The number of aliphatic hydroxyl groups excluding tert-OH is 1. The van der Waals surface area contributed by atoms with Crippen LogP contribution in [0, 0.1) is 6.92 Å². The van der Waals surface area contributed by atoms with Crippen molar-refractivity contribution in [1.82, 2.24) is 0 Å². The molecule has 1 aliphatic rings. The summed E-state index contributed by atoms with van der Waals surface area (Å²) in [5.74, 6) is -1.25. The maximum absolute atomic E-state index is 13.5. The number of hydrogen-bond acceptors (Lipinski definition) is 5. The van der Waals surface area contributed by atoms with Gasteiger partial charge in [-0.15, -0.1) is 0 Å². The summed E-state index contributed by atoms with van der Waals surface area (Å²) in [6.45, 7) is 8.28. The van der Waals surface area contributed by atoms with Crippen molar-refractivity contribution in [2.24, 2.45) is 0 Å². The molecule has 6 nitrogen and oxygen atoms in total. The number of rotatable bonds is 5. The Kier molecular flexibility index (Phi) is 6.87. The van der Waals surface area contributed by atoms with Crippen LogP contribution in [0.3, 0.4) is 0 Å². The third-order valence-corrected chi connectivity index (χ3v) is 6.79. The van der Waals surface area contributed by atoms with E-state index in [-0.39, 0.29) is 16.7 Å². The summed E-state index contributed by atoms with van der Waals surface area (Å²) in [5, 5.41) is 11.5. The standard InChI is InChI=1S/C31H34N2O4/c1-19-8-17-25(37-7)24(18-19)28(34)26-27(20-9-11-21(12-10-20)31(2,3)4)33(30(36)29(26)35)23-15-13-22(14-16-23)32(5)6/h8-18,27,34H,1-7H3/b28-26+. The van der Waals surface area contributed by atoms with Crippen LogP contribution in [-0.2, 0) is 15.0 Å². The van der Waals surface area contributed by atoms with Crippen LogP contribution in [0.15, 0.2) is 72.3 Å². The van der Waals surface area contributed by atoms with Crippen molar-refractivity contribution in [3.8, 4) is 5.75 Å². The minimum atomic E-state index is -0.801. The van der Waals surface area contributed by atoms with Crippen LogP contribution >= 0.6 is 0 Å². The fourth-order valence-electron chi connectivity index (χ4n) is 4.64. The van der Waals surface area contributed by atoms with Gasteiger partial charge in [-0.3, -0.25) is 14.5 Å². The Bertz CT molecular complexity index is 1360. The molecule has 1 aliphatic heterocycles. The van der Waals surface area contributed by atoms with Crippen molar-refractivity contribution >= 4 is 28.8 Å². The highest BCUT2D eigenvalue weighted by Crippen LogP contribution is 2.44. The molecule has 1 unspecified atom stereocenters. The van der Waals surface area contributed by atoms with Gasteiger partial charge in [-0.25, -0.2) is 0 Å². The van der Waals surface area contributed by atoms with E-state index in [1.165, 1.54) is 12.0 Å². The molecule has 4 rings (SSSR count). The lowest BCUT2D eigenvalue weighted by molar-refractivity contribution is -0.132. The number of carbonyl (C=O) groups excluding carboxylic acids is 2. The molecule has 192 valence electrons. The highest BCUT2D eigenvalue weighted by Gasteiger charge is 2.47. The number of hydrogen-bond donors (Lipinski definition) is 1. The van der Waals surface area contributed by atoms with Crippen molar-refractivity contribution in [3.63, 3.8) is 0 Å². The lowest BCUT2D eigenvalue weighted by atomic mass is 9.85. The molecule has 1 heterocycles. The van der Waals surface area contributed by atoms with Crippen molar-refractivity contribution in [3.05, 3.63) is 94.6 Å². The number of benzene rings is 3. The van der Waals surface area contributed by atoms with Crippen LogP contribution in [-0.4, -0.2) is 38.0 Å². The molecule has 6 heteroatoms. The van der Waals surface area contributed by atoms with Crippen LogP contribution in [0.5, 0.6) is 5.75 Å². The first-order chi connectivity index (χ1) is 17.4. The number of aryl methyl sites for hydroxylation is 1. The van der Waals surface area contributed by atoms with Gasteiger partial charge in [0, 0.05) is 25.5 Å². The minimum Gasteiger partial charge on any atom is -0.507 e. The number of Topliss-reactive ketones (excluding diaryl/α,β-unsaturated/α-hetero) is 1. The topological polar surface area (TPSA) is 70.1 Å². The van der Waals surface area contributed by atoms with Crippen LogP contribution in [0.2, 0.25) is 0 Å². The van der Waals surface area contributed by atoms with Gasteiger partial charge in [0.1, 0.15) is 11.5 Å². The van der Waals surface area contributed by atoms with Gasteiger partial charge in [-0.05, 0) is 59.9 Å². The maximum Gasteiger partial charge on any atom is 0.300 e. The van der Waals surface area contributed by atoms with Gasteiger partial charge in [0.15, 0.2) is 0 Å². The first-order valence-corrected chi connectivity index (χ1v) is 12.3. The molecule has 0 radical (unpaired) electrons. The molecule has 0 spiro atoms. The Labute approximate surface area is 218 Å². The van der Waals surface area contributed by atoms with Crippen molar-refractivity contribution in [2.45, 2.75) is 39.2 Å². The minimum absolute atomic E-state index is 0.0362. The van der Waals surface area contributed by atoms with Crippen LogP contribution in [0.4, 0.5) is 11.4 Å². The number of methoxy groups -OCH3 is 1. The molecule has 1 amide bonds. The van der Waals surface area contributed by atoms with Gasteiger partial charge in [-0.2, -0.15) is 0 Å². The summed E-state index contributed by atoms with van der Waals surface area (Å²) in [5.41, 5.74) is 4.65. The fraction of sp³-hybridized carbons (Fsp3) is 0.290. The lowest BCUT2D eigenvalue weighted by Gasteiger charge is -2.27. The average molecular weight is 499 g/mol. The SMILES string of the molecule is COc1ccc(C)cc1/C(O)=C1\C(=O)C(=O)N(c2ccc(N(C)C)cc2)C1c1ccc(C(C)(C)C)cc1. The molecule has 0 aromatic heterocycles. The number of ketones is 1. The van der Waals surface area contributed by atoms with Crippen LogP contribution in [0.1, 0.15) is 49.1 Å². The molecule has 1 saturated heterocycles. The largest absolute Gasteiger partial charge is 0.507 e.